The Hall–Kier alpha value is -1.88. The van der Waals surface area contributed by atoms with Gasteiger partial charge in [-0.3, -0.25) is 4.79 Å². The summed E-state index contributed by atoms with van der Waals surface area (Å²) in [4.78, 5) is 11.9. The van der Waals surface area contributed by atoms with Crippen LogP contribution in [0.2, 0.25) is 0 Å². The van der Waals surface area contributed by atoms with Gasteiger partial charge < -0.3 is 11.1 Å². The highest BCUT2D eigenvalue weighted by atomic mass is 79.9. The molecule has 0 unspecified atom stereocenters. The molecule has 0 aliphatic rings. The monoisotopic (exact) mass is 308 g/mol. The van der Waals surface area contributed by atoms with E-state index in [0.717, 1.165) is 0 Å². The van der Waals surface area contributed by atoms with Crippen LogP contribution in [0.25, 0.3) is 0 Å². The van der Waals surface area contributed by atoms with Gasteiger partial charge in [0, 0.05) is 15.7 Å². The van der Waals surface area contributed by atoms with Crippen LogP contribution in [-0.4, -0.2) is 5.91 Å². The number of hydrogen-bond acceptors (Lipinski definition) is 2. The van der Waals surface area contributed by atoms with Crippen molar-refractivity contribution in [2.45, 2.75) is 0 Å². The number of nitrogens with two attached hydrogens (primary N) is 1. The average Bonchev–Trinajstić information content (AvgIpc) is 2.32. The first-order valence-corrected chi connectivity index (χ1v) is 5.97. The number of halogens is 2. The second kappa shape index (κ2) is 5.18. The van der Waals surface area contributed by atoms with E-state index in [0.29, 0.717) is 21.4 Å². The first-order chi connectivity index (χ1) is 8.56. The SMILES string of the molecule is Nc1cccc(C(=O)Nc2ccc(F)cc2Br)c1. The van der Waals surface area contributed by atoms with Gasteiger partial charge in [0.2, 0.25) is 0 Å². The van der Waals surface area contributed by atoms with Crippen LogP contribution in [0.5, 0.6) is 0 Å². The number of amides is 1. The summed E-state index contributed by atoms with van der Waals surface area (Å²) in [5, 5.41) is 2.67. The fraction of sp³-hybridized carbons (Fsp3) is 0. The van der Waals surface area contributed by atoms with Gasteiger partial charge in [0.15, 0.2) is 0 Å². The zero-order valence-electron chi connectivity index (χ0n) is 9.28. The molecule has 3 nitrogen and oxygen atoms in total. The Morgan fingerprint density at radius 1 is 1.22 bits per heavy atom. The topological polar surface area (TPSA) is 55.1 Å². The standard InChI is InChI=1S/C13H10BrFN2O/c14-11-7-9(15)4-5-12(11)17-13(18)8-2-1-3-10(16)6-8/h1-7H,16H2,(H,17,18). The maximum absolute atomic E-state index is 12.9. The van der Waals surface area contributed by atoms with Gasteiger partial charge in [0.25, 0.3) is 5.91 Å². The van der Waals surface area contributed by atoms with E-state index < -0.39 is 0 Å². The molecule has 5 heteroatoms. The number of rotatable bonds is 2. The van der Waals surface area contributed by atoms with Gasteiger partial charge >= 0.3 is 0 Å². The summed E-state index contributed by atoms with van der Waals surface area (Å²) in [6.07, 6.45) is 0. The van der Waals surface area contributed by atoms with E-state index in [9.17, 15) is 9.18 Å². The summed E-state index contributed by atoms with van der Waals surface area (Å²) in [5.41, 5.74) is 7.07. The molecule has 0 aliphatic heterocycles. The predicted octanol–water partition coefficient (Wildman–Crippen LogP) is 3.42. The van der Waals surface area contributed by atoms with Crippen molar-refractivity contribution < 1.29 is 9.18 Å². The Morgan fingerprint density at radius 3 is 2.67 bits per heavy atom. The van der Waals surface area contributed by atoms with Gasteiger partial charge in [0.1, 0.15) is 5.82 Å². The lowest BCUT2D eigenvalue weighted by Crippen LogP contribution is -2.12. The predicted molar refractivity (Wildman–Crippen MR) is 72.9 cm³/mol. The van der Waals surface area contributed by atoms with Gasteiger partial charge in [-0.15, -0.1) is 0 Å². The highest BCUT2D eigenvalue weighted by molar-refractivity contribution is 9.10. The van der Waals surface area contributed by atoms with Crippen molar-refractivity contribution in [1.29, 1.82) is 0 Å². The third-order valence-electron chi connectivity index (χ3n) is 2.33. The molecule has 18 heavy (non-hydrogen) atoms. The van der Waals surface area contributed by atoms with E-state index in [1.54, 1.807) is 24.3 Å². The molecule has 0 radical (unpaired) electrons. The summed E-state index contributed by atoms with van der Waals surface area (Å²) in [6, 6.07) is 10.7. The van der Waals surface area contributed by atoms with Crippen molar-refractivity contribution in [2.24, 2.45) is 0 Å². The zero-order valence-corrected chi connectivity index (χ0v) is 10.9. The van der Waals surface area contributed by atoms with E-state index >= 15 is 0 Å². The molecular formula is C13H10BrFN2O. The minimum absolute atomic E-state index is 0.297. The maximum atomic E-state index is 12.9. The molecule has 3 N–H and O–H groups in total. The number of benzene rings is 2. The van der Waals surface area contributed by atoms with Gasteiger partial charge in [0.05, 0.1) is 5.69 Å². The number of carbonyl (C=O) groups is 1. The number of anilines is 2. The van der Waals surface area contributed by atoms with E-state index in [4.69, 9.17) is 5.73 Å². The van der Waals surface area contributed by atoms with Crippen LogP contribution in [0.1, 0.15) is 10.4 Å². The second-order valence-electron chi connectivity index (χ2n) is 3.70. The van der Waals surface area contributed by atoms with E-state index in [2.05, 4.69) is 21.2 Å². The summed E-state index contributed by atoms with van der Waals surface area (Å²) < 4.78 is 13.4. The van der Waals surface area contributed by atoms with Crippen LogP contribution < -0.4 is 11.1 Å². The van der Waals surface area contributed by atoms with E-state index in [1.165, 1.54) is 18.2 Å². The molecular weight excluding hydrogens is 299 g/mol. The van der Waals surface area contributed by atoms with Crippen molar-refractivity contribution in [3.8, 4) is 0 Å². The van der Waals surface area contributed by atoms with E-state index in [1.807, 2.05) is 0 Å². The molecule has 0 saturated heterocycles. The minimum atomic E-state index is -0.371. The summed E-state index contributed by atoms with van der Waals surface area (Å²) in [7, 11) is 0. The molecule has 2 aromatic rings. The normalized spacial score (nSPS) is 10.1. The number of nitrogen functional groups attached to an aromatic ring is 1. The highest BCUT2D eigenvalue weighted by Crippen LogP contribution is 2.23. The van der Waals surface area contributed by atoms with Crippen LogP contribution in [0.15, 0.2) is 46.9 Å². The first-order valence-electron chi connectivity index (χ1n) is 5.18. The lowest BCUT2D eigenvalue weighted by atomic mass is 10.2. The quantitative estimate of drug-likeness (QED) is 0.835. The molecule has 0 atom stereocenters. The fourth-order valence-corrected chi connectivity index (χ4v) is 1.92. The largest absolute Gasteiger partial charge is 0.399 e. The lowest BCUT2D eigenvalue weighted by molar-refractivity contribution is 0.102. The van der Waals surface area contributed by atoms with Crippen molar-refractivity contribution in [3.63, 3.8) is 0 Å². The molecule has 0 spiro atoms. The molecule has 92 valence electrons. The molecule has 0 saturated carbocycles. The minimum Gasteiger partial charge on any atom is -0.399 e. The van der Waals surface area contributed by atoms with Gasteiger partial charge in [-0.1, -0.05) is 6.07 Å². The smallest absolute Gasteiger partial charge is 0.255 e. The third-order valence-corrected chi connectivity index (χ3v) is 2.98. The Kier molecular flexibility index (Phi) is 3.62. The molecule has 1 amide bonds. The Morgan fingerprint density at radius 2 is 2.00 bits per heavy atom. The second-order valence-corrected chi connectivity index (χ2v) is 4.56. The molecule has 0 bridgehead atoms. The number of carbonyl (C=O) groups excluding carboxylic acids is 1. The highest BCUT2D eigenvalue weighted by Gasteiger charge is 2.08. The van der Waals surface area contributed by atoms with Gasteiger partial charge in [-0.05, 0) is 52.3 Å². The van der Waals surface area contributed by atoms with Crippen LogP contribution in [-0.2, 0) is 0 Å². The zero-order chi connectivity index (χ0) is 13.1. The average molecular weight is 309 g/mol. The Bertz CT molecular complexity index is 601. The molecule has 0 aliphatic carbocycles. The summed E-state index contributed by atoms with van der Waals surface area (Å²) in [5.74, 6) is -0.668. The fourth-order valence-electron chi connectivity index (χ4n) is 1.47. The van der Waals surface area contributed by atoms with Crippen LogP contribution in [0, 0.1) is 5.82 Å². The lowest BCUT2D eigenvalue weighted by Gasteiger charge is -2.07. The van der Waals surface area contributed by atoms with Crippen molar-refractivity contribution in [1.82, 2.24) is 0 Å². The first kappa shape index (κ1) is 12.6. The van der Waals surface area contributed by atoms with Crippen LogP contribution in [0.3, 0.4) is 0 Å². The van der Waals surface area contributed by atoms with Crippen LogP contribution >= 0.6 is 15.9 Å². The molecule has 2 aromatic carbocycles. The van der Waals surface area contributed by atoms with Gasteiger partial charge in [-0.2, -0.15) is 0 Å². The van der Waals surface area contributed by atoms with Crippen LogP contribution in [0.4, 0.5) is 15.8 Å². The molecule has 0 fully saturated rings. The van der Waals surface area contributed by atoms with Crippen molar-refractivity contribution in [2.75, 3.05) is 11.1 Å². The maximum Gasteiger partial charge on any atom is 0.255 e. The number of hydrogen-bond donors (Lipinski definition) is 2. The Balaban J connectivity index is 2.21. The molecule has 0 heterocycles. The third kappa shape index (κ3) is 2.87. The molecule has 2 rings (SSSR count). The molecule has 0 aromatic heterocycles. The summed E-state index contributed by atoms with van der Waals surface area (Å²) >= 11 is 3.18. The number of nitrogens with one attached hydrogen (secondary N) is 1. The van der Waals surface area contributed by atoms with E-state index in [-0.39, 0.29) is 11.7 Å². The van der Waals surface area contributed by atoms with Crippen molar-refractivity contribution >= 4 is 33.2 Å². The van der Waals surface area contributed by atoms with Gasteiger partial charge in [-0.25, -0.2) is 4.39 Å². The Labute approximate surface area is 112 Å². The summed E-state index contributed by atoms with van der Waals surface area (Å²) in [6.45, 7) is 0. The van der Waals surface area contributed by atoms with Crippen molar-refractivity contribution in [3.05, 3.63) is 58.3 Å².